The maximum Gasteiger partial charge on any atom is 0.407 e. The first-order valence-electron chi connectivity index (χ1n) is 19.9. The number of hydrogen-bond donors (Lipinski definition) is 2. The van der Waals surface area contributed by atoms with Crippen LogP contribution in [-0.4, -0.2) is 80.2 Å². The van der Waals surface area contributed by atoms with Crippen molar-refractivity contribution in [3.05, 3.63) is 76.1 Å². The lowest BCUT2D eigenvalue weighted by Gasteiger charge is -2.35. The molecule has 2 aromatic rings. The second-order valence-electron chi connectivity index (χ2n) is 14.7. The van der Waals surface area contributed by atoms with Crippen LogP contribution in [0.25, 0.3) is 33.4 Å². The first kappa shape index (κ1) is 44.4. The fourth-order valence-electron chi connectivity index (χ4n) is 6.72. The number of hydrogen-bond acceptors (Lipinski definition) is 8. The second-order valence-corrected chi connectivity index (χ2v) is 16.2. The van der Waals surface area contributed by atoms with Gasteiger partial charge >= 0.3 is 6.09 Å². The molecule has 56 heavy (non-hydrogen) atoms. The highest BCUT2D eigenvalue weighted by Crippen LogP contribution is 2.46. The van der Waals surface area contributed by atoms with Gasteiger partial charge in [0.15, 0.2) is 0 Å². The van der Waals surface area contributed by atoms with Gasteiger partial charge in [-0.05, 0) is 109 Å². The van der Waals surface area contributed by atoms with Crippen LogP contribution in [0.2, 0.25) is 0 Å². The van der Waals surface area contributed by atoms with E-state index in [1.54, 1.807) is 11.9 Å². The number of aryl methyl sites for hydroxylation is 3. The zero-order valence-electron chi connectivity index (χ0n) is 34.8. The fraction of sp³-hybridized carbons (Fsp3) is 0.500. The number of carbonyl (C=O) groups excluding carboxylic acids is 2. The van der Waals surface area contributed by atoms with E-state index in [0.29, 0.717) is 31.7 Å². The number of alkyl carbamates (subject to hydrolysis) is 1. The molecule has 1 heterocycles. The number of unbranched alkanes of at least 4 members (excludes halogenated alkanes) is 3. The van der Waals surface area contributed by atoms with Crippen molar-refractivity contribution in [3.8, 4) is 28.5 Å². The average Bonchev–Trinajstić information content (AvgIpc) is 3.15. The second kappa shape index (κ2) is 21.8. The summed E-state index contributed by atoms with van der Waals surface area (Å²) in [6, 6.07) is 18.7. The molecule has 1 aliphatic carbocycles. The number of amides is 2. The molecule has 2 aromatic carbocycles. The van der Waals surface area contributed by atoms with Gasteiger partial charge in [0, 0.05) is 53.3 Å². The Morgan fingerprint density at radius 1 is 0.893 bits per heavy atom. The third kappa shape index (κ3) is 11.8. The van der Waals surface area contributed by atoms with E-state index < -0.39 is 14.6 Å². The number of nitrogens with one attached hydrogen (secondary N) is 2. The van der Waals surface area contributed by atoms with E-state index in [9.17, 15) is 9.59 Å². The van der Waals surface area contributed by atoms with E-state index in [-0.39, 0.29) is 31.1 Å². The molecule has 1 aliphatic heterocycles. The Morgan fingerprint density at radius 2 is 1.59 bits per heavy atom. The van der Waals surface area contributed by atoms with Crippen molar-refractivity contribution in [1.29, 1.82) is 5.26 Å². The summed E-state index contributed by atoms with van der Waals surface area (Å²) in [6.07, 6.45) is 3.41. The summed E-state index contributed by atoms with van der Waals surface area (Å²) >= 11 is 0. The topological polar surface area (TPSA) is 131 Å². The van der Waals surface area contributed by atoms with Gasteiger partial charge in [0.2, 0.25) is 5.36 Å². The van der Waals surface area contributed by atoms with Crippen LogP contribution in [0.3, 0.4) is 0 Å². The first-order valence-corrected chi connectivity index (χ1v) is 21.0. The van der Waals surface area contributed by atoms with Gasteiger partial charge in [0.1, 0.15) is 24.5 Å². The number of carbonyl (C=O) groups is 2. The normalized spacial score (nSPS) is 12.5. The Hall–Kier alpha value is -4.33. The zero-order chi connectivity index (χ0) is 40.8. The van der Waals surface area contributed by atoms with Crippen molar-refractivity contribution in [1.82, 2.24) is 14.9 Å². The summed E-state index contributed by atoms with van der Waals surface area (Å²) < 4.78 is 26.3. The largest absolute Gasteiger partial charge is 0.456 e. The van der Waals surface area contributed by atoms with Gasteiger partial charge in [0.25, 0.3) is 14.4 Å². The van der Waals surface area contributed by atoms with Gasteiger partial charge in [-0.3, -0.25) is 4.79 Å². The Labute approximate surface area is 334 Å². The summed E-state index contributed by atoms with van der Waals surface area (Å²) in [4.78, 5) is 31.5. The smallest absolute Gasteiger partial charge is 0.407 e. The molecular weight excluding hydrogens is 725 g/mol. The third-order valence-corrected chi connectivity index (χ3v) is 11.8. The van der Waals surface area contributed by atoms with E-state index in [4.69, 9.17) is 23.5 Å². The lowest BCUT2D eigenvalue weighted by molar-refractivity contribution is -0.496. The van der Waals surface area contributed by atoms with Crippen molar-refractivity contribution in [2.45, 2.75) is 99.6 Å². The number of ether oxygens (including phenoxy) is 1. The molecule has 2 aliphatic rings. The molecule has 0 spiro atoms. The summed E-state index contributed by atoms with van der Waals surface area (Å²) in [7, 11) is 0.496. The number of benzene rings is 3. The minimum atomic E-state index is -1.23. The number of likely N-dealkylation sites (N-methyl/N-ethyl adjacent to an activating group) is 1. The van der Waals surface area contributed by atoms with Crippen LogP contribution >= 0.6 is 8.53 Å². The Morgan fingerprint density at radius 3 is 2.30 bits per heavy atom. The van der Waals surface area contributed by atoms with Crippen LogP contribution in [0.1, 0.15) is 93.8 Å². The number of nitriles is 1. The predicted molar refractivity (Wildman–Crippen MR) is 223 cm³/mol. The molecule has 0 saturated carbocycles. The van der Waals surface area contributed by atoms with Gasteiger partial charge in [-0.2, -0.15) is 5.26 Å². The van der Waals surface area contributed by atoms with Crippen LogP contribution < -0.4 is 15.7 Å². The van der Waals surface area contributed by atoms with Gasteiger partial charge in [-0.1, -0.05) is 31.0 Å². The summed E-state index contributed by atoms with van der Waals surface area (Å²) in [6.45, 7) is 19.3. The minimum absolute atomic E-state index is 0.0672. The molecule has 4 rings (SSSR count). The summed E-state index contributed by atoms with van der Waals surface area (Å²) in [5.74, 6) is 0.577. The number of nitrogens with zero attached hydrogens (tertiary/aromatic N) is 3. The molecule has 0 saturated heterocycles. The Balaban J connectivity index is 1.31. The molecule has 302 valence electrons. The maximum absolute atomic E-state index is 14.0. The highest BCUT2D eigenvalue weighted by molar-refractivity contribution is 7.44. The zero-order valence-corrected chi connectivity index (χ0v) is 35.7. The van der Waals surface area contributed by atoms with Gasteiger partial charge in [-0.15, -0.1) is 0 Å². The van der Waals surface area contributed by atoms with Crippen molar-refractivity contribution >= 4 is 31.5 Å². The van der Waals surface area contributed by atoms with Crippen LogP contribution in [-0.2, 0) is 13.8 Å². The SMILES string of the molecule is CC[NH+]=c1cc2oc3cc(C)c(C)cc3c(-c3ccccc3C(=O)N(C)CCOC(=O)NCCCCCCOP(OCCC#N)N(C(C)C)C(C)C)c-2cc1C. The Kier molecular flexibility index (Phi) is 17.3. The lowest BCUT2D eigenvalue weighted by atomic mass is 9.88. The molecule has 2 amide bonds. The molecule has 12 heteroatoms. The molecule has 0 radical (unpaired) electrons. The number of fused-ring (bicyclic) bond motifs is 2. The van der Waals surface area contributed by atoms with E-state index >= 15 is 0 Å². The van der Waals surface area contributed by atoms with E-state index in [1.165, 1.54) is 0 Å². The molecule has 0 fully saturated rings. The molecule has 11 nitrogen and oxygen atoms in total. The van der Waals surface area contributed by atoms with Gasteiger partial charge < -0.3 is 28.4 Å². The standard InChI is InChI=1S/C44H60N5O6P/c1-10-46-39-29-41-38(27-34(39)8)42(37-26-32(6)33(7)28-40(37)55-41)35-18-13-14-19-36(35)43(50)48(9)22-25-52-44(51)47-21-15-11-12-16-23-53-56(54-24-17-20-45)49(30(2)3)31(4)5/h13-14,18-19,26-31H,10-12,15-17,21-25H2,1-9H3,(H,47,51)/p+1. The monoisotopic (exact) mass is 786 g/mol. The van der Waals surface area contributed by atoms with Crippen molar-refractivity contribution in [3.63, 3.8) is 0 Å². The number of rotatable bonds is 20. The molecule has 1 unspecified atom stereocenters. The van der Waals surface area contributed by atoms with Crippen LogP contribution in [0, 0.1) is 32.1 Å². The quantitative estimate of drug-likeness (QED) is 0.0528. The molecule has 0 aromatic heterocycles. The van der Waals surface area contributed by atoms with Crippen LogP contribution in [0.4, 0.5) is 4.79 Å². The maximum atomic E-state index is 14.0. The van der Waals surface area contributed by atoms with Crippen LogP contribution in [0.5, 0.6) is 0 Å². The predicted octanol–water partition coefficient (Wildman–Crippen LogP) is 7.78. The van der Waals surface area contributed by atoms with E-state index in [0.717, 1.165) is 87.7 Å². The third-order valence-electron chi connectivity index (χ3n) is 9.69. The molecular formula is C44H61N5O6P+. The van der Waals surface area contributed by atoms with E-state index in [2.05, 4.69) is 94.6 Å². The summed E-state index contributed by atoms with van der Waals surface area (Å²) in [5.41, 5.74) is 7.38. The molecule has 1 atom stereocenters. The molecule has 0 bridgehead atoms. The minimum Gasteiger partial charge on any atom is -0.456 e. The lowest BCUT2D eigenvalue weighted by Crippen LogP contribution is -2.76. The summed E-state index contributed by atoms with van der Waals surface area (Å²) in [5, 5.41) is 13.7. The highest BCUT2D eigenvalue weighted by atomic mass is 31.2. The van der Waals surface area contributed by atoms with E-state index in [1.807, 2.05) is 30.3 Å². The Bertz CT molecular complexity index is 2000. The molecule has 2 N–H and O–H groups in total. The highest BCUT2D eigenvalue weighted by Gasteiger charge is 2.27. The first-order chi connectivity index (χ1) is 26.9. The van der Waals surface area contributed by atoms with Gasteiger partial charge in [0.05, 0.1) is 38.3 Å². The van der Waals surface area contributed by atoms with Gasteiger partial charge in [-0.25, -0.2) is 14.5 Å². The van der Waals surface area contributed by atoms with Crippen molar-refractivity contribution in [2.24, 2.45) is 0 Å². The van der Waals surface area contributed by atoms with Crippen molar-refractivity contribution in [2.75, 3.05) is 46.5 Å². The van der Waals surface area contributed by atoms with Crippen molar-refractivity contribution < 1.29 is 32.8 Å². The average molecular weight is 787 g/mol. The van der Waals surface area contributed by atoms with Crippen LogP contribution in [0.15, 0.2) is 52.9 Å². The fourth-order valence-corrected chi connectivity index (χ4v) is 8.35.